The van der Waals surface area contributed by atoms with E-state index in [9.17, 15) is 10.2 Å². The number of hydrogen-bond acceptors (Lipinski definition) is 4. The minimum absolute atomic E-state index is 0.388. The predicted octanol–water partition coefficient (Wildman–Crippen LogP) is 4.87. The van der Waals surface area contributed by atoms with E-state index in [2.05, 4.69) is 44.4 Å². The molecule has 0 aromatic heterocycles. The minimum atomic E-state index is -0.608. The first-order valence-electron chi connectivity index (χ1n) is 13.1. The van der Waals surface area contributed by atoms with Crippen molar-refractivity contribution in [2.75, 3.05) is 26.3 Å². The van der Waals surface area contributed by atoms with Gasteiger partial charge in [-0.15, -0.1) is 0 Å². The Bertz CT molecular complexity index is 743. The van der Waals surface area contributed by atoms with E-state index in [1.165, 1.54) is 45.1 Å². The molecule has 4 heteroatoms. The van der Waals surface area contributed by atoms with Crippen molar-refractivity contribution in [1.29, 1.82) is 0 Å². The van der Waals surface area contributed by atoms with E-state index in [1.54, 1.807) is 5.57 Å². The van der Waals surface area contributed by atoms with Crippen molar-refractivity contribution >= 4 is 0 Å². The Morgan fingerprint density at radius 3 is 2.88 bits per heavy atom. The molecule has 32 heavy (non-hydrogen) atoms. The van der Waals surface area contributed by atoms with Crippen LogP contribution in [0.25, 0.3) is 0 Å². The van der Waals surface area contributed by atoms with E-state index in [0.717, 1.165) is 36.8 Å². The highest BCUT2D eigenvalue weighted by Crippen LogP contribution is 2.59. The fraction of sp³-hybridized carbons (Fsp3) is 0.786. The third-order valence-corrected chi connectivity index (χ3v) is 9.33. The molecule has 0 radical (unpaired) electrons. The molecule has 180 valence electrons. The number of morpholine rings is 1. The maximum Gasteiger partial charge on any atom is 0.0811 e. The molecule has 3 aliphatic carbocycles. The summed E-state index contributed by atoms with van der Waals surface area (Å²) in [5.74, 6) is 2.15. The summed E-state index contributed by atoms with van der Waals surface area (Å²) in [5, 5.41) is 20.3. The first kappa shape index (κ1) is 24.2. The lowest BCUT2D eigenvalue weighted by molar-refractivity contribution is -0.0250. The molecular weight excluding hydrogens is 398 g/mol. The molecule has 0 spiro atoms. The van der Waals surface area contributed by atoms with Gasteiger partial charge in [-0.2, -0.15) is 0 Å². The molecule has 1 saturated heterocycles. The van der Waals surface area contributed by atoms with Crippen LogP contribution in [0.2, 0.25) is 0 Å². The highest BCUT2D eigenvalue weighted by molar-refractivity contribution is 5.38. The van der Waals surface area contributed by atoms with Crippen molar-refractivity contribution in [1.82, 2.24) is 4.90 Å². The van der Waals surface area contributed by atoms with Gasteiger partial charge in [0.1, 0.15) is 0 Å². The van der Waals surface area contributed by atoms with Gasteiger partial charge in [0.15, 0.2) is 0 Å². The second-order valence-electron chi connectivity index (χ2n) is 11.3. The number of hydrogen-bond donors (Lipinski definition) is 2. The van der Waals surface area contributed by atoms with Crippen LogP contribution in [0, 0.1) is 23.2 Å². The van der Waals surface area contributed by atoms with Crippen molar-refractivity contribution in [2.24, 2.45) is 23.2 Å². The van der Waals surface area contributed by atoms with Gasteiger partial charge in [0, 0.05) is 25.6 Å². The minimum Gasteiger partial charge on any atom is -0.393 e. The van der Waals surface area contributed by atoms with Gasteiger partial charge in [-0.25, -0.2) is 0 Å². The summed E-state index contributed by atoms with van der Waals surface area (Å²) in [5.41, 5.74) is 3.79. The normalized spacial score (nSPS) is 42.4. The van der Waals surface area contributed by atoms with Crippen molar-refractivity contribution in [3.05, 3.63) is 35.5 Å². The zero-order valence-corrected chi connectivity index (χ0v) is 20.6. The van der Waals surface area contributed by atoms with E-state index in [-0.39, 0.29) is 0 Å². The number of nitrogens with zero attached hydrogens (tertiary/aromatic N) is 1. The summed E-state index contributed by atoms with van der Waals surface area (Å²) in [7, 11) is 0. The smallest absolute Gasteiger partial charge is 0.0811 e. The van der Waals surface area contributed by atoms with Crippen LogP contribution in [-0.4, -0.2) is 59.7 Å². The predicted molar refractivity (Wildman–Crippen MR) is 130 cm³/mol. The van der Waals surface area contributed by atoms with Gasteiger partial charge in [0.05, 0.1) is 25.4 Å². The van der Waals surface area contributed by atoms with E-state index >= 15 is 0 Å². The van der Waals surface area contributed by atoms with Crippen molar-refractivity contribution < 1.29 is 14.9 Å². The van der Waals surface area contributed by atoms with Gasteiger partial charge < -0.3 is 14.9 Å². The lowest BCUT2D eigenvalue weighted by Crippen LogP contribution is -2.48. The van der Waals surface area contributed by atoms with Crippen LogP contribution in [0.5, 0.6) is 0 Å². The van der Waals surface area contributed by atoms with Gasteiger partial charge >= 0.3 is 0 Å². The summed E-state index contributed by atoms with van der Waals surface area (Å²) in [6.45, 7) is 15.5. The molecule has 7 atom stereocenters. The number of aliphatic hydroxyl groups is 2. The van der Waals surface area contributed by atoms with E-state index in [0.29, 0.717) is 36.1 Å². The monoisotopic (exact) mass is 443 g/mol. The number of ether oxygens (including phenoxy) is 1. The second kappa shape index (κ2) is 10.1. The Kier molecular flexibility index (Phi) is 7.66. The molecule has 0 amide bonds. The Morgan fingerprint density at radius 1 is 1.28 bits per heavy atom. The molecule has 0 bridgehead atoms. The highest BCUT2D eigenvalue weighted by Gasteiger charge is 2.50. The number of rotatable bonds is 5. The number of fused-ring (bicyclic) bond motifs is 1. The Morgan fingerprint density at radius 2 is 2.09 bits per heavy atom. The van der Waals surface area contributed by atoms with Crippen molar-refractivity contribution in [2.45, 2.75) is 90.4 Å². The van der Waals surface area contributed by atoms with E-state index in [4.69, 9.17) is 4.74 Å². The summed E-state index contributed by atoms with van der Waals surface area (Å²) in [4.78, 5) is 2.69. The molecule has 0 aromatic carbocycles. The molecule has 2 N–H and O–H groups in total. The topological polar surface area (TPSA) is 52.9 Å². The molecule has 1 heterocycles. The molecule has 4 nitrogen and oxygen atoms in total. The maximum atomic E-state index is 10.2. The van der Waals surface area contributed by atoms with Crippen LogP contribution in [0.4, 0.5) is 0 Å². The standard InChI is InChI=1S/C28H45NO3/c1-5-23-18-32-14-13-29(23)17-19(2)25-10-11-26-21(7-6-12-28(25,26)4)8-9-22-15-24(30)16-27(31)20(22)3/h8-9,19,23-27,30-31H,3,5-7,10-18H2,1-2,4H3/b21-8+,22-9-/t19-,23-,24-,25-,26+,27+,28-/m1/s1. The lowest BCUT2D eigenvalue weighted by Gasteiger charge is -2.46. The average molecular weight is 444 g/mol. The summed E-state index contributed by atoms with van der Waals surface area (Å²) in [6.07, 6.45) is 12.0. The fourth-order valence-electron chi connectivity index (χ4n) is 7.48. The molecular formula is C28H45NO3. The Balaban J connectivity index is 1.47. The van der Waals surface area contributed by atoms with Crippen LogP contribution in [0.15, 0.2) is 35.5 Å². The van der Waals surface area contributed by atoms with Crippen LogP contribution >= 0.6 is 0 Å². The zero-order chi connectivity index (χ0) is 22.9. The van der Waals surface area contributed by atoms with Crippen LogP contribution < -0.4 is 0 Å². The van der Waals surface area contributed by atoms with Gasteiger partial charge in [-0.1, -0.05) is 45.1 Å². The van der Waals surface area contributed by atoms with Gasteiger partial charge in [-0.05, 0) is 79.3 Å². The third kappa shape index (κ3) is 4.80. The summed E-state index contributed by atoms with van der Waals surface area (Å²) in [6, 6.07) is 0.582. The molecule has 3 saturated carbocycles. The van der Waals surface area contributed by atoms with Crippen LogP contribution in [-0.2, 0) is 4.74 Å². The number of aliphatic hydroxyl groups excluding tert-OH is 2. The van der Waals surface area contributed by atoms with Crippen LogP contribution in [0.1, 0.15) is 72.1 Å². The van der Waals surface area contributed by atoms with Gasteiger partial charge in [0.2, 0.25) is 0 Å². The Hall–Kier alpha value is -0.940. The van der Waals surface area contributed by atoms with Crippen molar-refractivity contribution in [3.63, 3.8) is 0 Å². The SMILES string of the molecule is C=C1/C(=C\C=C2/CCC[C@]3(C)[C@@H]([C@H](C)CN4CCOC[C@H]4CC)CC[C@@H]23)C[C@@H](O)C[C@@H]1O. The Labute approximate surface area is 195 Å². The van der Waals surface area contributed by atoms with Gasteiger partial charge in [0.25, 0.3) is 0 Å². The van der Waals surface area contributed by atoms with E-state index in [1.807, 2.05) is 0 Å². The molecule has 4 aliphatic rings. The van der Waals surface area contributed by atoms with Gasteiger partial charge in [-0.3, -0.25) is 4.90 Å². The first-order valence-corrected chi connectivity index (χ1v) is 13.1. The average Bonchev–Trinajstić information content (AvgIpc) is 3.13. The largest absolute Gasteiger partial charge is 0.393 e. The quantitative estimate of drug-likeness (QED) is 0.636. The maximum absolute atomic E-state index is 10.2. The highest BCUT2D eigenvalue weighted by atomic mass is 16.5. The van der Waals surface area contributed by atoms with Crippen molar-refractivity contribution in [3.8, 4) is 0 Å². The second-order valence-corrected chi connectivity index (χ2v) is 11.3. The molecule has 1 aliphatic heterocycles. The lowest BCUT2D eigenvalue weighted by atomic mass is 9.61. The molecule has 4 rings (SSSR count). The zero-order valence-electron chi connectivity index (χ0n) is 20.6. The third-order valence-electron chi connectivity index (χ3n) is 9.33. The first-order chi connectivity index (χ1) is 15.3. The molecule has 0 aromatic rings. The van der Waals surface area contributed by atoms with E-state index < -0.39 is 12.2 Å². The molecule has 4 fully saturated rings. The molecule has 0 unspecified atom stereocenters. The fourth-order valence-corrected chi connectivity index (χ4v) is 7.48. The summed E-state index contributed by atoms with van der Waals surface area (Å²) < 4.78 is 5.74. The summed E-state index contributed by atoms with van der Waals surface area (Å²) >= 11 is 0. The number of allylic oxidation sites excluding steroid dienone is 3. The van der Waals surface area contributed by atoms with Crippen LogP contribution in [0.3, 0.4) is 0 Å².